The number of primary amides is 2. The molecule has 0 aliphatic carbocycles. The van der Waals surface area contributed by atoms with Gasteiger partial charge in [0.15, 0.2) is 0 Å². The largest absolute Gasteiger partial charge is 0.361 e. The Bertz CT molecular complexity index is 168. The van der Waals surface area contributed by atoms with E-state index in [9.17, 15) is 4.79 Å². The Balaban J connectivity index is -0.000000135. The van der Waals surface area contributed by atoms with Crippen LogP contribution in [0.2, 0.25) is 0 Å². The predicted molar refractivity (Wildman–Crippen MR) is 65.2 cm³/mol. The molecule has 0 aromatic heterocycles. The number of carbonyl (C=O) groups is 3. The van der Waals surface area contributed by atoms with E-state index in [1.165, 1.54) is 0 Å². The van der Waals surface area contributed by atoms with E-state index in [2.05, 4.69) is 54.7 Å². The molecule has 0 spiro atoms. The van der Waals surface area contributed by atoms with Gasteiger partial charge in [-0.1, -0.05) is 37.9 Å². The highest BCUT2D eigenvalue weighted by Gasteiger charge is 1.80. The second kappa shape index (κ2) is 15.0. The zero-order valence-electron chi connectivity index (χ0n) is 7.43. The fraction of sp³-hybridized carbons (Fsp3) is 0.400. The maximum atomic E-state index is 9.80. The van der Waals surface area contributed by atoms with Crippen LogP contribution in [0.25, 0.3) is 0 Å². The molecule has 0 aromatic rings. The molecule has 14 heavy (non-hydrogen) atoms. The Morgan fingerprint density at radius 3 is 1.29 bits per heavy atom. The third-order valence-electron chi connectivity index (χ3n) is 0.328. The van der Waals surface area contributed by atoms with Crippen molar-refractivity contribution in [3.05, 3.63) is 0 Å². The Hall–Kier alpha value is -0.540. The first kappa shape index (κ1) is 19.1. The third kappa shape index (κ3) is 207. The number of nitrogens with one attached hydrogen (secondary N) is 1. The van der Waals surface area contributed by atoms with E-state index >= 15 is 0 Å². The summed E-state index contributed by atoms with van der Waals surface area (Å²) in [7, 11) is 0. The van der Waals surface area contributed by atoms with Crippen molar-refractivity contribution in [3.8, 4) is 0 Å². The van der Waals surface area contributed by atoms with Gasteiger partial charge in [-0.3, -0.25) is 14.4 Å². The summed E-state index contributed by atoms with van der Waals surface area (Å²) < 4.78 is 0. The lowest BCUT2D eigenvalue weighted by molar-refractivity contribution is 0.261. The third-order valence-corrected chi connectivity index (χ3v) is 0.486. The average Bonchev–Trinajstić information content (AvgIpc) is 1.82. The lowest BCUT2D eigenvalue weighted by Gasteiger charge is -1.87. The fourth-order valence-corrected chi connectivity index (χ4v) is 0.309. The maximum absolute atomic E-state index is 9.80. The van der Waals surface area contributed by atoms with E-state index in [1.807, 2.05) is 6.92 Å². The molecule has 0 aromatic carbocycles. The quantitative estimate of drug-likeness (QED) is 0.388. The van der Waals surface area contributed by atoms with Gasteiger partial charge in [0.1, 0.15) is 0 Å². The van der Waals surface area contributed by atoms with Crippen LogP contribution in [-0.4, -0.2) is 22.3 Å². The number of carbonyl (C=O) groups excluding carboxylic acids is 3. The lowest BCUT2D eigenvalue weighted by atomic mass is 10.8. The van der Waals surface area contributed by atoms with E-state index in [0.717, 1.165) is 0 Å². The second-order valence-electron chi connectivity index (χ2n) is 1.51. The van der Waals surface area contributed by atoms with Gasteiger partial charge >= 0.3 is 0 Å². The van der Waals surface area contributed by atoms with Gasteiger partial charge in [0.05, 0.1) is 0 Å². The first-order valence-electron chi connectivity index (χ1n) is 3.17. The van der Waals surface area contributed by atoms with E-state index in [4.69, 9.17) is 9.59 Å². The Kier molecular flexibility index (Phi) is 20.4. The molecule has 0 saturated carbocycles. The molecule has 84 valence electrons. The smallest absolute Gasteiger partial charge is 0.275 e. The van der Waals surface area contributed by atoms with Gasteiger partial charge in [-0.15, -0.1) is 0 Å². The molecule has 0 bridgehead atoms. The van der Waals surface area contributed by atoms with Crippen molar-refractivity contribution in [1.29, 1.82) is 0 Å². The minimum atomic E-state index is -0.639. The van der Waals surface area contributed by atoms with Crippen LogP contribution < -0.4 is 16.8 Å². The van der Waals surface area contributed by atoms with Gasteiger partial charge < -0.3 is 16.8 Å². The Labute approximate surface area is 98.4 Å². The summed E-state index contributed by atoms with van der Waals surface area (Å²) >= 11 is 9.64. The molecule has 0 saturated heterocycles. The number of nitrogens with two attached hydrogens (primary N) is 2. The van der Waals surface area contributed by atoms with Crippen molar-refractivity contribution >= 4 is 53.6 Å². The van der Waals surface area contributed by atoms with Crippen LogP contribution in [0.4, 0.5) is 14.4 Å². The van der Waals surface area contributed by atoms with Crippen LogP contribution >= 0.6 is 37.9 Å². The summed E-state index contributed by atoms with van der Waals surface area (Å²) in [5.74, 6) is 0. The van der Waals surface area contributed by atoms with Gasteiger partial charge in [-0.2, -0.15) is 0 Å². The molecule has 3 amide bonds. The summed E-state index contributed by atoms with van der Waals surface area (Å²) in [5, 5.41) is 0.890. The average molecular weight is 259 g/mol. The first-order valence-corrected chi connectivity index (χ1v) is 4.51. The van der Waals surface area contributed by atoms with Crippen molar-refractivity contribution in [2.45, 2.75) is 6.92 Å². The molecule has 6 nitrogen and oxygen atoms in total. The number of amides is 3. The molecule has 5 N–H and O–H groups in total. The maximum Gasteiger partial charge on any atom is 0.275 e. The van der Waals surface area contributed by atoms with Crippen molar-refractivity contribution in [3.63, 3.8) is 0 Å². The summed E-state index contributed by atoms with van der Waals surface area (Å²) in [4.78, 5) is 28.0. The normalized spacial score (nSPS) is 6.86. The minimum absolute atomic E-state index is 0.266. The summed E-state index contributed by atoms with van der Waals surface area (Å²) in [6.07, 6.45) is 0. The van der Waals surface area contributed by atoms with Crippen LogP contribution in [0.1, 0.15) is 6.92 Å². The highest BCUT2D eigenvalue weighted by atomic mass is 32.1. The highest BCUT2D eigenvalue weighted by molar-refractivity contribution is 7.96. The monoisotopic (exact) mass is 259 g/mol. The fourth-order valence-electron chi connectivity index (χ4n) is 0.151. The Morgan fingerprint density at radius 1 is 1.07 bits per heavy atom. The van der Waals surface area contributed by atoms with Crippen molar-refractivity contribution in [2.75, 3.05) is 6.54 Å². The number of hydrogen-bond donors (Lipinski definition) is 6. The molecule has 9 heteroatoms. The summed E-state index contributed by atoms with van der Waals surface area (Å²) in [5.41, 5.74) is 8.67. The molecule has 0 atom stereocenters. The van der Waals surface area contributed by atoms with Gasteiger partial charge in [0.2, 0.25) is 0 Å². The molecule has 0 heterocycles. The van der Waals surface area contributed by atoms with Gasteiger partial charge in [0, 0.05) is 6.54 Å². The van der Waals surface area contributed by atoms with Crippen molar-refractivity contribution in [2.24, 2.45) is 11.5 Å². The Morgan fingerprint density at radius 2 is 1.29 bits per heavy atom. The van der Waals surface area contributed by atoms with Gasteiger partial charge in [0.25, 0.3) is 15.7 Å². The van der Waals surface area contributed by atoms with Crippen LogP contribution in [0, 0.1) is 0 Å². The van der Waals surface area contributed by atoms with E-state index in [1.54, 1.807) is 0 Å². The zero-order valence-corrected chi connectivity index (χ0v) is 10.1. The van der Waals surface area contributed by atoms with E-state index < -0.39 is 10.5 Å². The van der Waals surface area contributed by atoms with Crippen LogP contribution in [-0.2, 0) is 0 Å². The topological polar surface area (TPSA) is 115 Å². The highest BCUT2D eigenvalue weighted by Crippen LogP contribution is 1.70. The minimum Gasteiger partial charge on any atom is -0.361 e. The number of rotatable bonds is 1. The molecule has 0 radical (unpaired) electrons. The van der Waals surface area contributed by atoms with Crippen molar-refractivity contribution in [1.82, 2.24) is 5.32 Å². The van der Waals surface area contributed by atoms with Crippen molar-refractivity contribution < 1.29 is 14.4 Å². The molecule has 0 aliphatic heterocycles. The number of hydrogen-bond acceptors (Lipinski definition) is 3. The predicted octanol–water partition coefficient (Wildman–Crippen LogP) is 0.636. The molecule has 0 rings (SSSR count). The SMILES string of the molecule is CCNC(=O)S.NC(=O)S.NC(=O)S. The molecule has 0 aliphatic rings. The number of thiol groups is 3. The van der Waals surface area contributed by atoms with Crippen LogP contribution in [0.3, 0.4) is 0 Å². The lowest BCUT2D eigenvalue weighted by Crippen LogP contribution is -2.14. The van der Waals surface area contributed by atoms with Crippen LogP contribution in [0.5, 0.6) is 0 Å². The van der Waals surface area contributed by atoms with Crippen LogP contribution in [0.15, 0.2) is 0 Å². The molecular weight excluding hydrogens is 246 g/mol. The second-order valence-corrected chi connectivity index (χ2v) is 2.80. The zero-order chi connectivity index (χ0) is 12.1. The molecule has 0 unspecified atom stereocenters. The molecular formula is C5H13N3O3S3. The summed E-state index contributed by atoms with van der Waals surface area (Å²) in [6.45, 7) is 2.50. The van der Waals surface area contributed by atoms with E-state index in [0.29, 0.717) is 6.54 Å². The first-order chi connectivity index (χ1) is 6.23. The summed E-state index contributed by atoms with van der Waals surface area (Å²) in [6, 6.07) is 0. The standard InChI is InChI=1S/C3H7NOS.2CH3NOS/c1-2-4-3(5)6;2*2-1(3)4/h2H2,1H3,(H2,4,5,6);2*(H3,2,3,4). The molecule has 0 fully saturated rings. The van der Waals surface area contributed by atoms with E-state index in [-0.39, 0.29) is 5.24 Å². The van der Waals surface area contributed by atoms with Gasteiger partial charge in [-0.05, 0) is 6.92 Å². The van der Waals surface area contributed by atoms with Gasteiger partial charge in [-0.25, -0.2) is 0 Å².